The first-order valence-corrected chi connectivity index (χ1v) is 44.0. The second-order valence-corrected chi connectivity index (χ2v) is 27.1. The minimum absolute atomic E-state index is 0.0671. The maximum Gasteiger partial charge on any atom is 0.250 e. The maximum absolute atomic E-state index is 11.0. The van der Waals surface area contributed by atoms with Crippen LogP contribution in [-0.4, -0.2) is 221 Å². The van der Waals surface area contributed by atoms with Crippen molar-refractivity contribution >= 4 is 0 Å². The molecule has 0 radical (unpaired) electrons. The first-order valence-electron chi connectivity index (χ1n) is 44.0. The number of hydrogen-bond donors (Lipinski definition) is 0. The van der Waals surface area contributed by atoms with Crippen molar-refractivity contribution in [3.8, 4) is 0 Å². The minimum atomic E-state index is 0.0671. The molecule has 1 aliphatic carbocycles. The Bertz CT molecular complexity index is 2070. The number of fused-ring (bicyclic) bond motifs is 1. The number of likely N-dealkylation sites (N-methyl/N-ethyl adjacent to an activating group) is 1. The SMILES string of the molecule is CC.CC.CC.CC.CC.CC.CC.CC.CC.CC.CC(C)N1CCC1.CC(C)N1CCC2CC21.CC(C)N1CCCC1.CC(C)N1CCCCC1.CC(C)N1CCN(C)CC1.CC(C)N1CCOCC1.CC(C)n1ccccc1=O.CC(C)n1cccn1.CC(C)n1ccnc1.CC(C)n1cncn1. The Balaban J connectivity index is -0.000000137. The molecule has 4 aromatic heterocycles. The van der Waals surface area contributed by atoms with Gasteiger partial charge in [-0.15, -0.1) is 0 Å². The zero-order valence-electron chi connectivity index (χ0n) is 79.1. The molecule has 11 rings (SSSR count). The van der Waals surface area contributed by atoms with Gasteiger partial charge in [0, 0.05) is 143 Å². The van der Waals surface area contributed by atoms with E-state index in [1.54, 1.807) is 52.6 Å². The van der Waals surface area contributed by atoms with Crippen LogP contribution in [0.25, 0.3) is 0 Å². The molecule has 10 heterocycles. The fourth-order valence-electron chi connectivity index (χ4n) is 10.6. The summed E-state index contributed by atoms with van der Waals surface area (Å²) in [6.45, 7) is 102. The average molecular weight is 1510 g/mol. The van der Waals surface area contributed by atoms with Gasteiger partial charge >= 0.3 is 0 Å². The molecule has 17 heteroatoms. The van der Waals surface area contributed by atoms with Crippen LogP contribution >= 0.6 is 0 Å². The minimum Gasteiger partial charge on any atom is -0.379 e. The molecule has 7 fully saturated rings. The van der Waals surface area contributed by atoms with Crippen molar-refractivity contribution in [2.75, 3.05) is 105 Å². The van der Waals surface area contributed by atoms with Gasteiger partial charge in [-0.2, -0.15) is 10.2 Å². The Morgan fingerprint density at radius 1 is 0.358 bits per heavy atom. The summed E-state index contributed by atoms with van der Waals surface area (Å²) < 4.78 is 12.7. The highest BCUT2D eigenvalue weighted by molar-refractivity contribution is 5.02. The summed E-state index contributed by atoms with van der Waals surface area (Å²) in [5.41, 5.74) is 0.0671. The summed E-state index contributed by atoms with van der Waals surface area (Å²) in [6, 6.07) is 14.4. The molecule has 6 aliphatic heterocycles. The van der Waals surface area contributed by atoms with Crippen LogP contribution in [0.2, 0.25) is 0 Å². The van der Waals surface area contributed by atoms with E-state index in [9.17, 15) is 4.79 Å². The fraction of sp³-hybridized carbons (Fsp3) is 0.854. The van der Waals surface area contributed by atoms with Gasteiger partial charge in [-0.1, -0.05) is 151 Å². The summed E-state index contributed by atoms with van der Waals surface area (Å²) in [4.78, 5) is 36.3. The third-order valence-corrected chi connectivity index (χ3v) is 16.9. The van der Waals surface area contributed by atoms with Crippen LogP contribution in [-0.2, 0) is 4.74 Å². The Morgan fingerprint density at radius 2 is 0.764 bits per heavy atom. The van der Waals surface area contributed by atoms with Gasteiger partial charge in [0.1, 0.15) is 12.7 Å². The summed E-state index contributed by atoms with van der Waals surface area (Å²) in [5.74, 6) is 1.10. The van der Waals surface area contributed by atoms with Gasteiger partial charge in [-0.25, -0.2) is 9.97 Å². The Kier molecular flexibility index (Phi) is 98.6. The van der Waals surface area contributed by atoms with Crippen LogP contribution in [0.15, 0.2) is 79.0 Å². The number of pyridine rings is 1. The van der Waals surface area contributed by atoms with E-state index in [0.717, 1.165) is 68.5 Å². The number of hydrogen-bond acceptors (Lipinski definition) is 13. The fourth-order valence-corrected chi connectivity index (χ4v) is 10.6. The summed E-state index contributed by atoms with van der Waals surface area (Å²) in [6.07, 6.45) is 25.9. The number of piperazine rings is 1. The molecule has 1 saturated carbocycles. The molecule has 0 aromatic carbocycles. The number of ether oxygens (including phenoxy) is 1. The molecule has 0 spiro atoms. The summed E-state index contributed by atoms with van der Waals surface area (Å²) in [5, 5.41) is 7.95. The van der Waals surface area contributed by atoms with Gasteiger partial charge in [0.25, 0.3) is 5.56 Å². The van der Waals surface area contributed by atoms with Crippen LogP contribution in [0.5, 0.6) is 0 Å². The van der Waals surface area contributed by atoms with Crippen LogP contribution in [0.3, 0.4) is 0 Å². The normalized spacial score (nSPS) is 16.8. The van der Waals surface area contributed by atoms with Gasteiger partial charge in [-0.05, 0) is 254 Å². The number of likely N-dealkylation sites (tertiary alicyclic amines) is 4. The smallest absolute Gasteiger partial charge is 0.250 e. The van der Waals surface area contributed by atoms with Crippen molar-refractivity contribution in [1.29, 1.82) is 0 Å². The number of morpholine rings is 1. The van der Waals surface area contributed by atoms with Gasteiger partial charge in [0.2, 0.25) is 0 Å². The zero-order valence-corrected chi connectivity index (χ0v) is 79.1. The second-order valence-electron chi connectivity index (χ2n) is 27.1. The van der Waals surface area contributed by atoms with Crippen molar-refractivity contribution in [2.45, 2.75) is 395 Å². The highest BCUT2D eigenvalue weighted by Crippen LogP contribution is 2.45. The van der Waals surface area contributed by atoms with Gasteiger partial charge in [-0.3, -0.25) is 28.9 Å². The third kappa shape index (κ3) is 66.0. The molecule has 4 aromatic rings. The predicted molar refractivity (Wildman–Crippen MR) is 478 cm³/mol. The molecule has 2 atom stereocenters. The lowest BCUT2D eigenvalue weighted by molar-refractivity contribution is 0.0238. The zero-order chi connectivity index (χ0) is 84.1. The monoisotopic (exact) mass is 1500 g/mol. The van der Waals surface area contributed by atoms with E-state index in [2.05, 4.69) is 191 Å². The number of imidazole rings is 1. The molecule has 0 amide bonds. The predicted octanol–water partition coefficient (Wildman–Crippen LogP) is 22.8. The van der Waals surface area contributed by atoms with Gasteiger partial charge < -0.3 is 33.5 Å². The van der Waals surface area contributed by atoms with E-state index in [1.165, 1.54) is 123 Å². The Morgan fingerprint density at radius 3 is 0.981 bits per heavy atom. The molecule has 0 N–H and O–H groups in total. The first-order chi connectivity index (χ1) is 50.8. The maximum atomic E-state index is 11.0. The Hall–Kier alpha value is -3.81. The molecular weight excluding hydrogens is 1310 g/mol. The molecule has 0 bridgehead atoms. The van der Waals surface area contributed by atoms with Crippen molar-refractivity contribution in [3.63, 3.8) is 0 Å². The number of rotatable bonds is 10. The number of aromatic nitrogens is 8. The average Bonchev–Trinajstić information content (AvgIpc) is 1.62. The van der Waals surface area contributed by atoms with E-state index in [-0.39, 0.29) is 11.6 Å². The second kappa shape index (κ2) is 86.8. The molecule has 106 heavy (non-hydrogen) atoms. The molecule has 6 saturated heterocycles. The lowest BCUT2D eigenvalue weighted by Crippen LogP contribution is -2.47. The summed E-state index contributed by atoms with van der Waals surface area (Å²) >= 11 is 0. The van der Waals surface area contributed by atoms with E-state index in [1.807, 2.05) is 188 Å². The molecule has 17 nitrogen and oxygen atoms in total. The molecular formula is C89H193N15O2. The summed E-state index contributed by atoms with van der Waals surface area (Å²) in [7, 11) is 2.19. The van der Waals surface area contributed by atoms with E-state index >= 15 is 0 Å². The number of piperidine rings is 2. The molecule has 7 aliphatic rings. The topological polar surface area (TPSA) is 120 Å². The van der Waals surface area contributed by atoms with Gasteiger partial charge in [0.05, 0.1) is 19.5 Å². The van der Waals surface area contributed by atoms with Crippen LogP contribution < -0.4 is 5.56 Å². The standard InChI is InChI=1S/C8H18N2.C8H11NO.C8H15N.C8H17N.C7H15NO.C7H15N.2C6H10N2.C6H13N.C5H9N3.10C2H6/c1-8(2)10-6-4-9(3)5-7-10;1-7(2)9-6-4-3-5-8(9)10;1-6(2)9-4-3-7-5-8(7)9;1-8(2)9-6-4-3-5-7-9;1-7(2)8-3-5-9-6-4-8;1-7(2)8-5-3-4-6-8;1-6(2)8-4-3-7-5-8;1-6(2)8-5-3-4-7-8;1-6(2)7-4-3-5-7;1-5(2)8-4-6-3-7-8;10*1-2/h8H,4-7H2,1-3H3;3-7H,1-2H3;6-8H,3-5H2,1-2H3;8H,3-7H2,1-2H3;7H,3-6H2,1-2H3;7H,3-6H2,1-2H3;2*3-6H,1-2H3;6H,3-5H2,1-2H3;3-5H,1-2H3;10*1-2H3. The van der Waals surface area contributed by atoms with Crippen LogP contribution in [0.4, 0.5) is 0 Å². The molecule has 636 valence electrons. The van der Waals surface area contributed by atoms with Gasteiger partial charge in [0.15, 0.2) is 0 Å². The highest BCUT2D eigenvalue weighted by atomic mass is 16.5. The van der Waals surface area contributed by atoms with Crippen molar-refractivity contribution in [2.24, 2.45) is 5.92 Å². The van der Waals surface area contributed by atoms with E-state index < -0.39 is 0 Å². The van der Waals surface area contributed by atoms with E-state index in [4.69, 9.17) is 4.74 Å². The third-order valence-electron chi connectivity index (χ3n) is 16.9. The van der Waals surface area contributed by atoms with Crippen LogP contribution in [0, 0.1) is 5.92 Å². The van der Waals surface area contributed by atoms with Crippen LogP contribution in [0.1, 0.15) is 352 Å². The quantitative estimate of drug-likeness (QED) is 0.150. The number of nitrogens with zero attached hydrogens (tertiary/aromatic N) is 15. The van der Waals surface area contributed by atoms with E-state index in [0.29, 0.717) is 24.2 Å². The molecule has 2 unspecified atom stereocenters. The van der Waals surface area contributed by atoms with Crippen molar-refractivity contribution < 1.29 is 4.74 Å². The lowest BCUT2D eigenvalue weighted by atomic mass is 10.1. The Labute approximate surface area is 665 Å². The first kappa shape index (κ1) is 120. The van der Waals surface area contributed by atoms with Crippen molar-refractivity contribution in [1.82, 2.24) is 73.0 Å². The lowest BCUT2D eigenvalue weighted by Gasteiger charge is -2.34. The highest BCUT2D eigenvalue weighted by Gasteiger charge is 2.47. The largest absolute Gasteiger partial charge is 0.379 e. The van der Waals surface area contributed by atoms with Crippen molar-refractivity contribution in [3.05, 3.63) is 84.6 Å².